The summed E-state index contributed by atoms with van der Waals surface area (Å²) in [7, 11) is 0. The van der Waals surface area contributed by atoms with E-state index in [9.17, 15) is 13.6 Å². The van der Waals surface area contributed by atoms with Gasteiger partial charge < -0.3 is 5.32 Å². The lowest BCUT2D eigenvalue weighted by Crippen LogP contribution is -2.29. The highest BCUT2D eigenvalue weighted by atomic mass is 35.5. The Morgan fingerprint density at radius 3 is 1.82 bits per heavy atom. The summed E-state index contributed by atoms with van der Waals surface area (Å²) in [6, 6.07) is 0. The fraction of sp³-hybridized carbons (Fsp3) is 0.852. The Hall–Kier alpha value is -1.17. The molecule has 2 rings (SSSR count). The van der Waals surface area contributed by atoms with Crippen LogP contribution >= 0.6 is 11.6 Å². The minimum absolute atomic E-state index is 0.0307. The summed E-state index contributed by atoms with van der Waals surface area (Å²) in [5, 5.41) is 6.84. The van der Waals surface area contributed by atoms with Gasteiger partial charge >= 0.3 is 0 Å². The number of hydrogen-bond acceptors (Lipinski definition) is 2. The number of nitrogens with one attached hydrogen (secondary N) is 1. The van der Waals surface area contributed by atoms with Crippen LogP contribution in [0.15, 0.2) is 0 Å². The topological polar surface area (TPSA) is 46.9 Å². The summed E-state index contributed by atoms with van der Waals surface area (Å²) >= 11 is 6.10. The molecular weight excluding hydrogens is 456 g/mol. The predicted octanol–water partition coefficient (Wildman–Crippen LogP) is 8.73. The number of carbonyl (C=O) groups is 1. The molecule has 1 amide bonds. The van der Waals surface area contributed by atoms with Gasteiger partial charge in [-0.2, -0.15) is 5.10 Å². The van der Waals surface area contributed by atoms with Crippen LogP contribution in [-0.2, 0) is 11.3 Å². The minimum atomic E-state index is -2.72. The van der Waals surface area contributed by atoms with Crippen molar-refractivity contribution in [2.75, 3.05) is 6.54 Å². The molecule has 7 heteroatoms. The third kappa shape index (κ3) is 11.5. The van der Waals surface area contributed by atoms with Crippen molar-refractivity contribution in [3.63, 3.8) is 0 Å². The standard InChI is InChI=1S/C27H46ClF2N3O/c1-2-3-4-5-6-7-8-9-10-11-12-13-14-15-16-17-20-31-23(34)21-33-26(22-18-19-22)24(28)25(32-33)27(29)30/h22,27H,2-21H2,1H3,(H,31,34). The van der Waals surface area contributed by atoms with Gasteiger partial charge in [-0.15, -0.1) is 0 Å². The first kappa shape index (κ1) is 29.1. The van der Waals surface area contributed by atoms with Crippen molar-refractivity contribution in [2.45, 2.75) is 141 Å². The van der Waals surface area contributed by atoms with E-state index in [-0.39, 0.29) is 23.4 Å². The number of carbonyl (C=O) groups excluding carboxylic acids is 1. The van der Waals surface area contributed by atoms with E-state index in [1.54, 1.807) is 0 Å². The third-order valence-electron chi connectivity index (χ3n) is 6.77. The second-order valence-electron chi connectivity index (χ2n) is 9.97. The number of hydrogen-bond donors (Lipinski definition) is 1. The summed E-state index contributed by atoms with van der Waals surface area (Å²) in [5.74, 6) is -0.0385. The minimum Gasteiger partial charge on any atom is -0.354 e. The van der Waals surface area contributed by atoms with Crippen LogP contribution in [0, 0.1) is 0 Å². The lowest BCUT2D eigenvalue weighted by Gasteiger charge is -2.08. The molecule has 0 bridgehead atoms. The molecule has 1 aromatic heterocycles. The fourth-order valence-corrected chi connectivity index (χ4v) is 4.94. The first-order valence-electron chi connectivity index (χ1n) is 13.9. The molecule has 0 aromatic carbocycles. The SMILES string of the molecule is CCCCCCCCCCCCCCCCCCNC(=O)Cn1nc(C(F)F)c(Cl)c1C1CC1. The van der Waals surface area contributed by atoms with Crippen LogP contribution in [-0.4, -0.2) is 22.2 Å². The maximum atomic E-state index is 13.1. The highest BCUT2D eigenvalue weighted by molar-refractivity contribution is 6.32. The van der Waals surface area contributed by atoms with E-state index in [2.05, 4.69) is 17.3 Å². The zero-order chi connectivity index (χ0) is 24.6. The van der Waals surface area contributed by atoms with Gasteiger partial charge in [0.05, 0.1) is 10.7 Å². The molecule has 1 aromatic rings. The number of alkyl halides is 2. The maximum Gasteiger partial charge on any atom is 0.283 e. The van der Waals surface area contributed by atoms with Crippen LogP contribution in [0.3, 0.4) is 0 Å². The van der Waals surface area contributed by atoms with Crippen LogP contribution in [0.5, 0.6) is 0 Å². The third-order valence-corrected chi connectivity index (χ3v) is 7.16. The van der Waals surface area contributed by atoms with Crippen LogP contribution in [0.1, 0.15) is 146 Å². The Kier molecular flexibility index (Phi) is 14.8. The average Bonchev–Trinajstić information content (AvgIpc) is 3.59. The summed E-state index contributed by atoms with van der Waals surface area (Å²) in [6.45, 7) is 2.84. The van der Waals surface area contributed by atoms with E-state index < -0.39 is 12.1 Å². The zero-order valence-electron chi connectivity index (χ0n) is 21.2. The van der Waals surface area contributed by atoms with Crippen molar-refractivity contribution in [3.8, 4) is 0 Å². The lowest BCUT2D eigenvalue weighted by atomic mass is 10.0. The molecule has 1 saturated carbocycles. The van der Waals surface area contributed by atoms with Gasteiger partial charge in [-0.25, -0.2) is 8.78 Å². The molecule has 1 aliphatic carbocycles. The van der Waals surface area contributed by atoms with Gasteiger partial charge in [0.15, 0.2) is 0 Å². The van der Waals surface area contributed by atoms with Crippen LogP contribution < -0.4 is 5.32 Å². The highest BCUT2D eigenvalue weighted by Gasteiger charge is 2.34. The van der Waals surface area contributed by atoms with E-state index in [1.807, 2.05) is 0 Å². The molecule has 1 aliphatic rings. The first-order valence-corrected chi connectivity index (χ1v) is 14.2. The molecule has 0 atom stereocenters. The average molecular weight is 502 g/mol. The Bertz CT molecular complexity index is 692. The fourth-order valence-electron chi connectivity index (χ4n) is 4.57. The second-order valence-corrected chi connectivity index (χ2v) is 10.3. The predicted molar refractivity (Wildman–Crippen MR) is 137 cm³/mol. The molecular formula is C27H46ClF2N3O. The van der Waals surface area contributed by atoms with E-state index in [0.717, 1.165) is 25.7 Å². The van der Waals surface area contributed by atoms with Crippen molar-refractivity contribution in [1.29, 1.82) is 0 Å². The summed E-state index contributed by atoms with van der Waals surface area (Å²) in [6.07, 6.45) is 20.2. The molecule has 0 unspecified atom stereocenters. The summed E-state index contributed by atoms with van der Waals surface area (Å²) < 4.78 is 27.6. The van der Waals surface area contributed by atoms with E-state index >= 15 is 0 Å². The van der Waals surface area contributed by atoms with Crippen LogP contribution in [0.2, 0.25) is 5.02 Å². The van der Waals surface area contributed by atoms with Crippen LogP contribution in [0.4, 0.5) is 8.78 Å². The second kappa shape index (κ2) is 17.3. The van der Waals surface area contributed by atoms with E-state index in [0.29, 0.717) is 12.2 Å². The summed E-state index contributed by atoms with van der Waals surface area (Å²) in [5.41, 5.74) is 0.184. The van der Waals surface area contributed by atoms with Gasteiger partial charge in [0.1, 0.15) is 12.2 Å². The van der Waals surface area contributed by atoms with Crippen LogP contribution in [0.25, 0.3) is 0 Å². The number of unbranched alkanes of at least 4 members (excludes halogenated alkanes) is 15. The Labute approximate surface area is 210 Å². The van der Waals surface area contributed by atoms with Crippen molar-refractivity contribution in [3.05, 3.63) is 16.4 Å². The molecule has 1 fully saturated rings. The largest absolute Gasteiger partial charge is 0.354 e. The molecule has 0 spiro atoms. The van der Waals surface area contributed by atoms with Gasteiger partial charge in [0.25, 0.3) is 6.43 Å². The first-order chi connectivity index (χ1) is 16.5. The van der Waals surface area contributed by atoms with Gasteiger partial charge in [-0.1, -0.05) is 115 Å². The molecule has 0 saturated heterocycles. The number of rotatable bonds is 21. The van der Waals surface area contributed by atoms with E-state index in [1.165, 1.54) is 94.6 Å². The molecule has 34 heavy (non-hydrogen) atoms. The highest BCUT2D eigenvalue weighted by Crippen LogP contribution is 2.45. The molecule has 1 heterocycles. The zero-order valence-corrected chi connectivity index (χ0v) is 22.0. The quantitative estimate of drug-likeness (QED) is 0.171. The molecule has 0 aliphatic heterocycles. The lowest BCUT2D eigenvalue weighted by molar-refractivity contribution is -0.121. The van der Waals surface area contributed by atoms with Crippen molar-refractivity contribution < 1.29 is 13.6 Å². The van der Waals surface area contributed by atoms with Gasteiger partial charge in [0, 0.05) is 12.5 Å². The monoisotopic (exact) mass is 501 g/mol. The maximum absolute atomic E-state index is 13.1. The van der Waals surface area contributed by atoms with Crippen molar-refractivity contribution in [2.24, 2.45) is 0 Å². The Balaban J connectivity index is 1.42. The molecule has 1 N–H and O–H groups in total. The van der Waals surface area contributed by atoms with Crippen molar-refractivity contribution in [1.82, 2.24) is 15.1 Å². The van der Waals surface area contributed by atoms with Gasteiger partial charge in [-0.05, 0) is 19.3 Å². The van der Waals surface area contributed by atoms with Crippen molar-refractivity contribution >= 4 is 17.5 Å². The number of nitrogens with zero attached hydrogens (tertiary/aromatic N) is 2. The van der Waals surface area contributed by atoms with E-state index in [4.69, 9.17) is 11.6 Å². The normalized spacial score (nSPS) is 13.7. The number of aromatic nitrogens is 2. The molecule has 4 nitrogen and oxygen atoms in total. The molecule has 0 radical (unpaired) electrons. The van der Waals surface area contributed by atoms with Gasteiger partial charge in [-0.3, -0.25) is 9.48 Å². The Morgan fingerprint density at radius 2 is 1.38 bits per heavy atom. The van der Waals surface area contributed by atoms with Gasteiger partial charge in [0.2, 0.25) is 5.91 Å². The molecule has 196 valence electrons. The number of amides is 1. The Morgan fingerprint density at radius 1 is 0.912 bits per heavy atom. The smallest absolute Gasteiger partial charge is 0.283 e. The summed E-state index contributed by atoms with van der Waals surface area (Å²) in [4.78, 5) is 12.3. The number of halogens is 3.